The highest BCUT2D eigenvalue weighted by Gasteiger charge is 2.20. The van der Waals surface area contributed by atoms with Gasteiger partial charge in [0.25, 0.3) is 0 Å². The Balaban J connectivity index is 1.90. The van der Waals surface area contributed by atoms with Gasteiger partial charge in [-0.15, -0.1) is 23.5 Å². The maximum absolute atomic E-state index is 5.53. The highest BCUT2D eigenvalue weighted by molar-refractivity contribution is 8.16. The largest absolute Gasteiger partial charge is 0.495 e. The van der Waals surface area contributed by atoms with Crippen LogP contribution in [0.2, 0.25) is 0 Å². The van der Waals surface area contributed by atoms with E-state index in [9.17, 15) is 0 Å². The van der Waals surface area contributed by atoms with Gasteiger partial charge in [0.15, 0.2) is 0 Å². The molecule has 1 fully saturated rings. The van der Waals surface area contributed by atoms with Gasteiger partial charge in [-0.25, -0.2) is 0 Å². The third kappa shape index (κ3) is 3.24. The van der Waals surface area contributed by atoms with Crippen molar-refractivity contribution in [2.24, 2.45) is 4.99 Å². The number of nitrogens with zero attached hydrogens (tertiary/aromatic N) is 1. The summed E-state index contributed by atoms with van der Waals surface area (Å²) in [5, 5.41) is 0. The zero-order chi connectivity index (χ0) is 14.8. The number of thioether (sulfide) groups is 2. The number of methoxy groups -OCH3 is 1. The second-order valence-electron chi connectivity index (χ2n) is 5.24. The van der Waals surface area contributed by atoms with E-state index < -0.39 is 0 Å². The predicted molar refractivity (Wildman–Crippen MR) is 94.5 cm³/mol. The van der Waals surface area contributed by atoms with Crippen molar-refractivity contribution in [3.8, 4) is 5.75 Å². The molecule has 2 aliphatic rings. The molecule has 0 aliphatic carbocycles. The average molecular weight is 320 g/mol. The maximum atomic E-state index is 5.53. The molecule has 0 aromatic carbocycles. The number of rotatable bonds is 3. The first-order valence-electron chi connectivity index (χ1n) is 7.13. The number of hydrogen-bond acceptors (Lipinski definition) is 4. The van der Waals surface area contributed by atoms with Gasteiger partial charge in [-0.05, 0) is 49.5 Å². The Bertz CT molecular complexity index is 622. The number of ether oxygens (including phenoxy) is 1. The Kier molecular flexibility index (Phi) is 4.50. The molecule has 2 aliphatic heterocycles. The monoisotopic (exact) mass is 320 g/mol. The molecule has 5 heteroatoms. The van der Waals surface area contributed by atoms with E-state index in [-0.39, 0.29) is 0 Å². The Hall–Kier alpha value is -1.07. The van der Waals surface area contributed by atoms with E-state index in [1.54, 1.807) is 7.11 Å². The Morgan fingerprint density at radius 3 is 2.71 bits per heavy atom. The van der Waals surface area contributed by atoms with E-state index in [1.165, 1.54) is 29.2 Å². The summed E-state index contributed by atoms with van der Waals surface area (Å²) in [5.41, 5.74) is 5.53. The lowest BCUT2D eigenvalue weighted by Crippen LogP contribution is -2.00. The van der Waals surface area contributed by atoms with Gasteiger partial charge in [0.05, 0.1) is 23.1 Å². The molecule has 0 saturated carbocycles. The summed E-state index contributed by atoms with van der Waals surface area (Å²) >= 11 is 4.02. The minimum absolute atomic E-state index is 0.491. The van der Waals surface area contributed by atoms with Crippen molar-refractivity contribution >= 4 is 35.3 Å². The fourth-order valence-corrected chi connectivity index (χ4v) is 5.33. The summed E-state index contributed by atoms with van der Waals surface area (Å²) in [5.74, 6) is 3.37. The third-order valence-electron chi connectivity index (χ3n) is 3.54. The summed E-state index contributed by atoms with van der Waals surface area (Å²) < 4.78 is 6.02. The Morgan fingerprint density at radius 1 is 1.33 bits per heavy atom. The van der Waals surface area contributed by atoms with Crippen molar-refractivity contribution in [2.75, 3.05) is 18.6 Å². The molecular formula is C16H20N2OS2. The molecule has 1 aromatic rings. The molecule has 0 atom stereocenters. The molecule has 0 spiro atoms. The van der Waals surface area contributed by atoms with Crippen LogP contribution in [0.1, 0.15) is 36.2 Å². The summed E-state index contributed by atoms with van der Waals surface area (Å²) in [6, 6.07) is 2.13. The molecule has 3 nitrogen and oxygen atoms in total. The third-order valence-corrected chi connectivity index (χ3v) is 6.52. The maximum Gasteiger partial charge on any atom is 0.144 e. The van der Waals surface area contributed by atoms with Crippen LogP contribution in [0.3, 0.4) is 0 Å². The number of aliphatic imine (C=N–C) groups is 1. The minimum atomic E-state index is 0.491. The van der Waals surface area contributed by atoms with Crippen molar-refractivity contribution in [3.63, 3.8) is 0 Å². The van der Waals surface area contributed by atoms with Gasteiger partial charge < -0.3 is 9.72 Å². The second kappa shape index (κ2) is 6.36. The van der Waals surface area contributed by atoms with E-state index in [4.69, 9.17) is 4.74 Å². The lowest BCUT2D eigenvalue weighted by Gasteiger charge is -2.19. The molecule has 1 saturated heterocycles. The van der Waals surface area contributed by atoms with Crippen molar-refractivity contribution in [2.45, 2.75) is 24.9 Å². The van der Waals surface area contributed by atoms with Gasteiger partial charge >= 0.3 is 0 Å². The van der Waals surface area contributed by atoms with Gasteiger partial charge in [0.1, 0.15) is 5.75 Å². The molecule has 1 aromatic heterocycles. The van der Waals surface area contributed by atoms with Crippen molar-refractivity contribution in [3.05, 3.63) is 34.8 Å². The van der Waals surface area contributed by atoms with E-state index in [0.717, 1.165) is 22.9 Å². The zero-order valence-corrected chi connectivity index (χ0v) is 14.2. The topological polar surface area (TPSA) is 37.4 Å². The fourth-order valence-electron chi connectivity index (χ4n) is 2.52. The molecular weight excluding hydrogens is 300 g/mol. The van der Waals surface area contributed by atoms with Gasteiger partial charge in [0.2, 0.25) is 0 Å². The SMILES string of the molecule is COc1cc(C2SCCCS2)[nH]c1C=C1N=C(C)C=C1C. The average Bonchev–Trinajstić information content (AvgIpc) is 3.04. The number of aromatic amines is 1. The van der Waals surface area contributed by atoms with Crippen LogP contribution < -0.4 is 4.74 Å². The van der Waals surface area contributed by atoms with Crippen molar-refractivity contribution < 1.29 is 4.74 Å². The first kappa shape index (κ1) is 14.9. The van der Waals surface area contributed by atoms with Crippen LogP contribution in [0, 0.1) is 0 Å². The Labute approximate surface area is 134 Å². The number of hydrogen-bond donors (Lipinski definition) is 1. The van der Waals surface area contributed by atoms with Crippen molar-refractivity contribution in [1.29, 1.82) is 0 Å². The van der Waals surface area contributed by atoms with Crippen LogP contribution in [0.5, 0.6) is 5.75 Å². The van der Waals surface area contributed by atoms with E-state index in [0.29, 0.717) is 4.58 Å². The van der Waals surface area contributed by atoms with Gasteiger partial charge in [-0.1, -0.05) is 0 Å². The number of allylic oxidation sites excluding steroid dienone is 2. The molecule has 1 N–H and O–H groups in total. The van der Waals surface area contributed by atoms with E-state index in [1.807, 2.05) is 30.4 Å². The second-order valence-corrected chi connectivity index (χ2v) is 7.97. The van der Waals surface area contributed by atoms with Crippen LogP contribution in [0.4, 0.5) is 0 Å². The molecule has 21 heavy (non-hydrogen) atoms. The molecule has 0 unspecified atom stereocenters. The van der Waals surface area contributed by atoms with Gasteiger partial charge in [-0.2, -0.15) is 0 Å². The molecule has 3 rings (SSSR count). The molecule has 3 heterocycles. The van der Waals surface area contributed by atoms with E-state index in [2.05, 4.69) is 35.1 Å². The Morgan fingerprint density at radius 2 is 2.10 bits per heavy atom. The lowest BCUT2D eigenvalue weighted by molar-refractivity contribution is 0.414. The van der Waals surface area contributed by atoms with Crippen LogP contribution in [-0.4, -0.2) is 29.3 Å². The summed E-state index contributed by atoms with van der Waals surface area (Å²) in [6.45, 7) is 4.12. The van der Waals surface area contributed by atoms with Gasteiger partial charge in [-0.3, -0.25) is 4.99 Å². The number of aromatic nitrogens is 1. The highest BCUT2D eigenvalue weighted by Crippen LogP contribution is 2.44. The summed E-state index contributed by atoms with van der Waals surface area (Å²) in [6.07, 6.45) is 5.50. The lowest BCUT2D eigenvalue weighted by atomic mass is 10.2. The van der Waals surface area contributed by atoms with Crippen LogP contribution >= 0.6 is 23.5 Å². The normalized spacial score (nSPS) is 21.6. The molecule has 0 amide bonds. The van der Waals surface area contributed by atoms with Gasteiger partial charge in [0, 0.05) is 17.5 Å². The quantitative estimate of drug-likeness (QED) is 0.880. The van der Waals surface area contributed by atoms with E-state index >= 15 is 0 Å². The minimum Gasteiger partial charge on any atom is -0.495 e. The zero-order valence-electron chi connectivity index (χ0n) is 12.6. The summed E-state index contributed by atoms with van der Waals surface area (Å²) in [4.78, 5) is 8.09. The number of H-pyrrole nitrogens is 1. The smallest absolute Gasteiger partial charge is 0.144 e. The van der Waals surface area contributed by atoms with Crippen LogP contribution in [0.25, 0.3) is 6.08 Å². The highest BCUT2D eigenvalue weighted by atomic mass is 32.2. The fraction of sp³-hybridized carbons (Fsp3) is 0.438. The van der Waals surface area contributed by atoms with Crippen LogP contribution in [0.15, 0.2) is 28.4 Å². The standard InChI is InChI=1S/C16H20N2OS2/c1-10-7-11(2)17-12(10)8-13-15(19-3)9-14(18-13)16-20-5-4-6-21-16/h7-9,16,18H,4-6H2,1-3H3. The van der Waals surface area contributed by atoms with Crippen LogP contribution in [-0.2, 0) is 0 Å². The predicted octanol–water partition coefficient (Wildman–Crippen LogP) is 4.65. The summed E-state index contributed by atoms with van der Waals surface area (Å²) in [7, 11) is 1.72. The molecule has 0 bridgehead atoms. The van der Waals surface area contributed by atoms with Crippen molar-refractivity contribution in [1.82, 2.24) is 4.98 Å². The number of nitrogens with one attached hydrogen (secondary N) is 1. The molecule has 0 radical (unpaired) electrons. The first-order chi connectivity index (χ1) is 10.2. The first-order valence-corrected chi connectivity index (χ1v) is 9.23. The molecule has 112 valence electrons.